The number of hydrogen-bond acceptors (Lipinski definition) is 5. The van der Waals surface area contributed by atoms with Crippen molar-refractivity contribution in [1.29, 1.82) is 0 Å². The Morgan fingerprint density at radius 3 is 2.47 bits per heavy atom. The highest BCUT2D eigenvalue weighted by Crippen LogP contribution is 2.42. The average molecular weight is 482 g/mol. The van der Waals surface area contributed by atoms with Crippen molar-refractivity contribution < 1.29 is 8.78 Å². The third-order valence-corrected chi connectivity index (χ3v) is 9.60. The summed E-state index contributed by atoms with van der Waals surface area (Å²) in [5.41, 5.74) is 0.152. The van der Waals surface area contributed by atoms with Crippen molar-refractivity contribution in [3.05, 3.63) is 12.3 Å². The predicted molar refractivity (Wildman–Crippen MR) is 136 cm³/mol. The highest BCUT2D eigenvalue weighted by molar-refractivity contribution is 5.08. The fraction of sp³-hybridized carbons (Fsp3) is 0.926. The van der Waals surface area contributed by atoms with Crippen molar-refractivity contribution in [2.75, 3.05) is 32.8 Å². The molecule has 1 aliphatic carbocycles. The number of allylic oxidation sites excluding steroid dienone is 1. The van der Waals surface area contributed by atoms with Crippen LogP contribution in [-0.2, 0) is 0 Å². The third-order valence-electron chi connectivity index (χ3n) is 9.60. The van der Waals surface area contributed by atoms with E-state index >= 15 is 4.39 Å². The van der Waals surface area contributed by atoms with Crippen molar-refractivity contribution in [2.24, 2.45) is 17.3 Å². The van der Waals surface area contributed by atoms with Crippen LogP contribution in [0.25, 0.3) is 0 Å². The molecule has 1 saturated carbocycles. The topological polar surface area (TPSA) is 42.6 Å². The molecule has 3 heterocycles. The van der Waals surface area contributed by atoms with Gasteiger partial charge in [0.2, 0.25) is 0 Å². The molecule has 7 heteroatoms. The fourth-order valence-electron chi connectivity index (χ4n) is 7.35. The number of halogens is 2. The molecule has 5 atom stereocenters. The van der Waals surface area contributed by atoms with Gasteiger partial charge in [0.05, 0.1) is 12.3 Å². The van der Waals surface area contributed by atoms with E-state index < -0.39 is 11.8 Å². The van der Waals surface area contributed by atoms with Gasteiger partial charge in [0.1, 0.15) is 5.67 Å². The van der Waals surface area contributed by atoms with E-state index in [1.165, 1.54) is 0 Å². The first-order valence-electron chi connectivity index (χ1n) is 13.9. The zero-order valence-corrected chi connectivity index (χ0v) is 22.0. The van der Waals surface area contributed by atoms with Crippen LogP contribution in [0.4, 0.5) is 8.78 Å². The van der Waals surface area contributed by atoms with Crippen LogP contribution in [0.5, 0.6) is 0 Å². The van der Waals surface area contributed by atoms with Crippen LogP contribution >= 0.6 is 0 Å². The van der Waals surface area contributed by atoms with E-state index in [-0.39, 0.29) is 23.7 Å². The lowest BCUT2D eigenvalue weighted by molar-refractivity contribution is -0.0459. The lowest BCUT2D eigenvalue weighted by atomic mass is 9.73. The second-order valence-electron chi connectivity index (χ2n) is 12.1. The van der Waals surface area contributed by atoms with Crippen LogP contribution in [0.15, 0.2) is 12.3 Å². The molecular weight excluding hydrogens is 432 g/mol. The van der Waals surface area contributed by atoms with Gasteiger partial charge < -0.3 is 5.32 Å². The van der Waals surface area contributed by atoms with Crippen molar-refractivity contribution in [2.45, 2.75) is 109 Å². The van der Waals surface area contributed by atoms with Gasteiger partial charge in [-0.15, -0.1) is 0 Å². The molecule has 4 rings (SSSR count). The van der Waals surface area contributed by atoms with Gasteiger partial charge in [0.25, 0.3) is 0 Å². The number of likely N-dealkylation sites (tertiary alicyclic amines) is 1. The van der Waals surface area contributed by atoms with Crippen molar-refractivity contribution in [3.63, 3.8) is 0 Å². The molecular formula is C27H49F2N5. The SMILES string of the molecule is C=C1CC(CC)(CN(CC)C2NCNC(N3CCCC3C3CCC(C(C)(C)F)CC3)C2F)CN1. The van der Waals surface area contributed by atoms with Gasteiger partial charge in [-0.05, 0) is 83.6 Å². The Labute approximate surface area is 206 Å². The number of nitrogens with zero attached hydrogens (tertiary/aromatic N) is 2. The lowest BCUT2D eigenvalue weighted by Gasteiger charge is -2.48. The molecule has 0 spiro atoms. The smallest absolute Gasteiger partial charge is 0.157 e. The third kappa shape index (κ3) is 5.47. The van der Waals surface area contributed by atoms with Crippen LogP contribution < -0.4 is 16.0 Å². The van der Waals surface area contributed by atoms with Gasteiger partial charge in [-0.2, -0.15) is 0 Å². The van der Waals surface area contributed by atoms with Crippen LogP contribution in [0.3, 0.4) is 0 Å². The molecule has 3 N–H and O–H groups in total. The largest absolute Gasteiger partial charge is 0.388 e. The van der Waals surface area contributed by atoms with Gasteiger partial charge in [-0.1, -0.05) is 20.4 Å². The number of hydrogen-bond donors (Lipinski definition) is 3. The summed E-state index contributed by atoms with van der Waals surface area (Å²) in [7, 11) is 0. The second kappa shape index (κ2) is 10.7. The van der Waals surface area contributed by atoms with Gasteiger partial charge in [-0.25, -0.2) is 8.78 Å². The molecule has 4 aliphatic rings. The molecule has 0 radical (unpaired) electrons. The first kappa shape index (κ1) is 26.3. The van der Waals surface area contributed by atoms with Gasteiger partial charge >= 0.3 is 0 Å². The molecule has 5 unspecified atom stereocenters. The number of rotatable bonds is 8. The minimum atomic E-state index is -1.09. The first-order valence-corrected chi connectivity index (χ1v) is 13.9. The predicted octanol–water partition coefficient (Wildman–Crippen LogP) is 4.37. The first-order chi connectivity index (χ1) is 16.2. The van der Waals surface area contributed by atoms with Crippen LogP contribution in [0.1, 0.15) is 79.1 Å². The minimum absolute atomic E-state index is 0.133. The maximum Gasteiger partial charge on any atom is 0.157 e. The molecule has 5 nitrogen and oxygen atoms in total. The van der Waals surface area contributed by atoms with E-state index in [0.29, 0.717) is 18.6 Å². The Morgan fingerprint density at radius 1 is 1.15 bits per heavy atom. The molecule has 0 bridgehead atoms. The molecule has 4 fully saturated rings. The monoisotopic (exact) mass is 481 g/mol. The van der Waals surface area contributed by atoms with Gasteiger partial charge in [0, 0.05) is 43.5 Å². The summed E-state index contributed by atoms with van der Waals surface area (Å²) in [5, 5.41) is 10.4. The maximum atomic E-state index is 16.2. The van der Waals surface area contributed by atoms with E-state index in [1.807, 2.05) is 0 Å². The summed E-state index contributed by atoms with van der Waals surface area (Å²) in [4.78, 5) is 4.76. The summed E-state index contributed by atoms with van der Waals surface area (Å²) in [6.07, 6.45) is 6.84. The van der Waals surface area contributed by atoms with E-state index in [0.717, 1.165) is 83.2 Å². The molecule has 3 aliphatic heterocycles. The van der Waals surface area contributed by atoms with Crippen molar-refractivity contribution in [1.82, 2.24) is 25.8 Å². The Morgan fingerprint density at radius 2 is 1.88 bits per heavy atom. The van der Waals surface area contributed by atoms with E-state index in [2.05, 4.69) is 46.2 Å². The number of alkyl halides is 2. The quantitative estimate of drug-likeness (QED) is 0.480. The normalized spacial score (nSPS) is 40.1. The van der Waals surface area contributed by atoms with Gasteiger partial charge in [0.15, 0.2) is 6.17 Å². The fourth-order valence-corrected chi connectivity index (χ4v) is 7.35. The molecule has 3 saturated heterocycles. The Kier molecular flexibility index (Phi) is 8.28. The summed E-state index contributed by atoms with van der Waals surface area (Å²) >= 11 is 0. The maximum absolute atomic E-state index is 16.2. The zero-order chi connectivity index (χ0) is 24.5. The molecule has 0 aromatic carbocycles. The van der Waals surface area contributed by atoms with E-state index in [9.17, 15) is 4.39 Å². The molecule has 0 amide bonds. The summed E-state index contributed by atoms with van der Waals surface area (Å²) in [6, 6.07) is 0.414. The highest BCUT2D eigenvalue weighted by atomic mass is 19.1. The summed E-state index contributed by atoms with van der Waals surface area (Å²) in [6.45, 7) is 16.2. The Hall–Kier alpha value is -0.760. The zero-order valence-electron chi connectivity index (χ0n) is 22.0. The standard InChI is InChI=1S/C27H49F2N5/c1-6-27(15-19(3)30-16-27)17-33(7-2)24-23(28)25(32-18-31-24)34-14-8-9-22(34)20-10-12-21(13-11-20)26(4,5)29/h20-25,30-32H,3,6-18H2,1-2,4-5H3. The van der Waals surface area contributed by atoms with Crippen LogP contribution in [0.2, 0.25) is 0 Å². The second-order valence-corrected chi connectivity index (χ2v) is 12.1. The molecule has 34 heavy (non-hydrogen) atoms. The average Bonchev–Trinajstić information content (AvgIpc) is 3.45. The lowest BCUT2D eigenvalue weighted by Crippen LogP contribution is -2.70. The van der Waals surface area contributed by atoms with Crippen molar-refractivity contribution in [3.8, 4) is 0 Å². The van der Waals surface area contributed by atoms with Crippen LogP contribution in [-0.4, -0.2) is 72.9 Å². The molecule has 0 aromatic heterocycles. The highest BCUT2D eigenvalue weighted by Gasteiger charge is 2.47. The van der Waals surface area contributed by atoms with E-state index in [1.54, 1.807) is 13.8 Å². The van der Waals surface area contributed by atoms with Crippen LogP contribution in [0, 0.1) is 17.3 Å². The van der Waals surface area contributed by atoms with E-state index in [4.69, 9.17) is 0 Å². The number of nitrogens with one attached hydrogen (secondary N) is 3. The molecule has 0 aromatic rings. The Bertz CT molecular complexity index is 689. The van der Waals surface area contributed by atoms with Gasteiger partial charge in [-0.3, -0.25) is 20.4 Å². The Balaban J connectivity index is 1.41. The summed E-state index contributed by atoms with van der Waals surface area (Å²) < 4.78 is 30.7. The van der Waals surface area contributed by atoms with Crippen molar-refractivity contribution >= 4 is 0 Å². The molecule has 196 valence electrons. The minimum Gasteiger partial charge on any atom is -0.388 e. The summed E-state index contributed by atoms with van der Waals surface area (Å²) in [5.74, 6) is 0.726.